The third-order valence-corrected chi connectivity index (χ3v) is 4.70. The second-order valence-electron chi connectivity index (χ2n) is 6.71. The fourth-order valence-corrected chi connectivity index (χ4v) is 3.15. The van der Waals surface area contributed by atoms with Crippen molar-refractivity contribution in [2.24, 2.45) is 5.10 Å². The molecule has 1 aliphatic rings. The van der Waals surface area contributed by atoms with Gasteiger partial charge in [0.1, 0.15) is 5.71 Å². The van der Waals surface area contributed by atoms with Gasteiger partial charge in [0, 0.05) is 31.8 Å². The van der Waals surface area contributed by atoms with Crippen LogP contribution >= 0.6 is 0 Å². The predicted octanol–water partition coefficient (Wildman–Crippen LogP) is 2.71. The number of amides is 2. The van der Waals surface area contributed by atoms with Crippen LogP contribution in [0.1, 0.15) is 18.4 Å². The quantitative estimate of drug-likeness (QED) is 0.706. The average molecular weight is 387 g/mol. The predicted molar refractivity (Wildman–Crippen MR) is 111 cm³/mol. The summed E-state index contributed by atoms with van der Waals surface area (Å²) < 4.78 is 1.80. The van der Waals surface area contributed by atoms with Gasteiger partial charge in [-0.15, -0.1) is 0 Å². The number of anilines is 1. The van der Waals surface area contributed by atoms with Crippen LogP contribution in [0.15, 0.2) is 78.2 Å². The van der Waals surface area contributed by atoms with E-state index in [4.69, 9.17) is 0 Å². The summed E-state index contributed by atoms with van der Waals surface area (Å²) >= 11 is 0. The van der Waals surface area contributed by atoms with Crippen LogP contribution in [0.4, 0.5) is 5.69 Å². The van der Waals surface area contributed by atoms with Gasteiger partial charge in [0.25, 0.3) is 5.91 Å². The van der Waals surface area contributed by atoms with Crippen molar-refractivity contribution in [3.63, 3.8) is 0 Å². The maximum absolute atomic E-state index is 12.5. The maximum Gasteiger partial charge on any atom is 0.267 e. The molecule has 2 amide bonds. The third-order valence-electron chi connectivity index (χ3n) is 4.70. The molecule has 0 radical (unpaired) electrons. The molecule has 0 bridgehead atoms. The largest absolute Gasteiger partial charge is 0.351 e. The van der Waals surface area contributed by atoms with Gasteiger partial charge in [-0.2, -0.15) is 10.2 Å². The molecule has 7 heteroatoms. The van der Waals surface area contributed by atoms with Gasteiger partial charge in [-0.05, 0) is 42.3 Å². The van der Waals surface area contributed by atoms with Crippen LogP contribution in [0.25, 0.3) is 5.69 Å². The molecule has 3 aromatic rings. The van der Waals surface area contributed by atoms with E-state index in [9.17, 15) is 9.59 Å². The average Bonchev–Trinajstić information content (AvgIpc) is 3.30. The summed E-state index contributed by atoms with van der Waals surface area (Å²) in [6.07, 6.45) is 4.97. The lowest BCUT2D eigenvalue weighted by atomic mass is 10.1. The summed E-state index contributed by atoms with van der Waals surface area (Å²) in [5.74, 6) is -0.336. The number of benzene rings is 2. The Morgan fingerprint density at radius 1 is 0.966 bits per heavy atom. The Balaban J connectivity index is 1.34. The van der Waals surface area contributed by atoms with E-state index in [0.29, 0.717) is 30.8 Å². The molecule has 2 heterocycles. The van der Waals surface area contributed by atoms with Crippen LogP contribution in [-0.4, -0.2) is 33.9 Å². The lowest BCUT2D eigenvalue weighted by molar-refractivity contribution is -0.118. The highest BCUT2D eigenvalue weighted by Crippen LogP contribution is 2.19. The van der Waals surface area contributed by atoms with Crippen molar-refractivity contribution in [1.82, 2.24) is 15.1 Å². The highest BCUT2D eigenvalue weighted by Gasteiger charge is 2.25. The van der Waals surface area contributed by atoms with Crippen molar-refractivity contribution in [3.05, 3.63) is 78.6 Å². The monoisotopic (exact) mass is 387 g/mol. The second-order valence-corrected chi connectivity index (χ2v) is 6.71. The maximum atomic E-state index is 12.5. The number of aromatic nitrogens is 2. The fraction of sp³-hybridized carbons (Fsp3) is 0.182. The van der Waals surface area contributed by atoms with Gasteiger partial charge in [-0.25, -0.2) is 9.69 Å². The van der Waals surface area contributed by atoms with Crippen molar-refractivity contribution >= 4 is 23.2 Å². The first-order valence-corrected chi connectivity index (χ1v) is 9.53. The highest BCUT2D eigenvalue weighted by atomic mass is 16.2. The van der Waals surface area contributed by atoms with Gasteiger partial charge in [0.15, 0.2) is 0 Å². The molecule has 0 saturated carbocycles. The number of carbonyl (C=O) groups is 2. The molecular formula is C22H21N5O2. The number of hydrogen-bond donors (Lipinski definition) is 1. The Bertz CT molecular complexity index is 1010. The molecule has 0 atom stereocenters. The molecule has 1 aliphatic heterocycles. The zero-order valence-electron chi connectivity index (χ0n) is 15.9. The molecule has 1 aromatic heterocycles. The molecule has 0 aliphatic carbocycles. The summed E-state index contributed by atoms with van der Waals surface area (Å²) in [5.41, 5.74) is 3.15. The Labute approximate surface area is 168 Å². The standard InChI is InChI=1S/C22H21N5O2/c28-21-12-11-20(25-27(21)19-5-2-1-3-6-19)22(29)23-15-13-17-7-9-18(10-8-17)26-16-4-14-24-26/h1-10,14,16H,11-13,15H2,(H,23,29). The normalized spacial score (nSPS) is 13.9. The van der Waals surface area contributed by atoms with E-state index in [-0.39, 0.29) is 18.2 Å². The summed E-state index contributed by atoms with van der Waals surface area (Å²) in [6, 6.07) is 19.1. The van der Waals surface area contributed by atoms with E-state index in [1.165, 1.54) is 5.01 Å². The van der Waals surface area contributed by atoms with E-state index < -0.39 is 0 Å². The number of hydrazone groups is 1. The topological polar surface area (TPSA) is 79.6 Å². The van der Waals surface area contributed by atoms with Crippen molar-refractivity contribution in [3.8, 4) is 5.69 Å². The first-order valence-electron chi connectivity index (χ1n) is 9.53. The first kappa shape index (κ1) is 18.6. The lowest BCUT2D eigenvalue weighted by Crippen LogP contribution is -2.39. The van der Waals surface area contributed by atoms with Gasteiger partial charge < -0.3 is 5.32 Å². The van der Waals surface area contributed by atoms with Crippen molar-refractivity contribution in [1.29, 1.82) is 0 Å². The molecule has 7 nitrogen and oxygen atoms in total. The zero-order valence-corrected chi connectivity index (χ0v) is 15.9. The van der Waals surface area contributed by atoms with Crippen LogP contribution in [0, 0.1) is 0 Å². The summed E-state index contributed by atoms with van der Waals surface area (Å²) in [4.78, 5) is 24.6. The minimum Gasteiger partial charge on any atom is -0.351 e. The van der Waals surface area contributed by atoms with Crippen LogP contribution in [-0.2, 0) is 16.0 Å². The highest BCUT2D eigenvalue weighted by molar-refractivity contribution is 6.40. The minimum absolute atomic E-state index is 0.106. The summed E-state index contributed by atoms with van der Waals surface area (Å²) in [6.45, 7) is 0.498. The molecule has 29 heavy (non-hydrogen) atoms. The van der Waals surface area contributed by atoms with E-state index in [1.807, 2.05) is 54.7 Å². The molecule has 0 saturated heterocycles. The Kier molecular flexibility index (Phi) is 5.47. The Hall–Kier alpha value is -3.74. The Morgan fingerprint density at radius 3 is 2.48 bits per heavy atom. The van der Waals surface area contributed by atoms with Crippen LogP contribution in [0.2, 0.25) is 0 Å². The van der Waals surface area contributed by atoms with Crippen molar-refractivity contribution in [2.75, 3.05) is 11.6 Å². The van der Waals surface area contributed by atoms with E-state index in [1.54, 1.807) is 23.0 Å². The molecule has 0 fully saturated rings. The number of nitrogens with zero attached hydrogens (tertiary/aromatic N) is 4. The van der Waals surface area contributed by atoms with Crippen LogP contribution < -0.4 is 10.3 Å². The number of para-hydroxylation sites is 1. The van der Waals surface area contributed by atoms with E-state index >= 15 is 0 Å². The van der Waals surface area contributed by atoms with Crippen LogP contribution in [0.5, 0.6) is 0 Å². The first-order chi connectivity index (χ1) is 14.2. The number of hydrogen-bond acceptors (Lipinski definition) is 4. The molecule has 4 rings (SSSR count). The summed E-state index contributed by atoms with van der Waals surface area (Å²) in [7, 11) is 0. The molecule has 146 valence electrons. The van der Waals surface area contributed by atoms with E-state index in [2.05, 4.69) is 15.5 Å². The molecular weight excluding hydrogens is 366 g/mol. The van der Waals surface area contributed by atoms with Gasteiger partial charge >= 0.3 is 0 Å². The number of nitrogens with one attached hydrogen (secondary N) is 1. The third kappa shape index (κ3) is 4.40. The molecule has 0 spiro atoms. The van der Waals surface area contributed by atoms with Crippen molar-refractivity contribution in [2.45, 2.75) is 19.3 Å². The molecule has 2 aromatic carbocycles. The van der Waals surface area contributed by atoms with Crippen LogP contribution in [0.3, 0.4) is 0 Å². The van der Waals surface area contributed by atoms with Crippen molar-refractivity contribution < 1.29 is 9.59 Å². The SMILES string of the molecule is O=C(NCCc1ccc(-n2cccn2)cc1)C1=NN(c2ccccc2)C(=O)CC1. The zero-order chi connectivity index (χ0) is 20.1. The molecule has 1 N–H and O–H groups in total. The smallest absolute Gasteiger partial charge is 0.267 e. The lowest BCUT2D eigenvalue weighted by Gasteiger charge is -2.23. The number of rotatable bonds is 6. The fourth-order valence-electron chi connectivity index (χ4n) is 3.15. The second kappa shape index (κ2) is 8.52. The Morgan fingerprint density at radius 2 is 1.76 bits per heavy atom. The van der Waals surface area contributed by atoms with E-state index in [0.717, 1.165) is 11.3 Å². The van der Waals surface area contributed by atoms with Gasteiger partial charge in [0.05, 0.1) is 11.4 Å². The number of carbonyl (C=O) groups excluding carboxylic acids is 2. The summed E-state index contributed by atoms with van der Waals surface area (Å²) in [5, 5.41) is 12.7. The minimum atomic E-state index is -0.230. The molecule has 0 unspecified atom stereocenters. The van der Waals surface area contributed by atoms with Gasteiger partial charge in [-0.1, -0.05) is 30.3 Å². The van der Waals surface area contributed by atoms with Gasteiger partial charge in [0.2, 0.25) is 5.91 Å². The van der Waals surface area contributed by atoms with Gasteiger partial charge in [-0.3, -0.25) is 9.59 Å².